The van der Waals surface area contributed by atoms with Crippen molar-refractivity contribution in [1.82, 2.24) is 0 Å². The Hall–Kier alpha value is -2.34. The Bertz CT molecular complexity index is 1080. The number of hydrazine groups is 1. The van der Waals surface area contributed by atoms with Crippen LogP contribution < -0.4 is 16.6 Å². The van der Waals surface area contributed by atoms with Crippen LogP contribution in [0, 0.1) is 13.8 Å². The average Bonchev–Trinajstić information content (AvgIpc) is 2.64. The summed E-state index contributed by atoms with van der Waals surface area (Å²) in [6.45, 7) is 2.43. The van der Waals surface area contributed by atoms with Crippen LogP contribution in [0.3, 0.4) is 0 Å². The van der Waals surface area contributed by atoms with Crippen LogP contribution in [-0.4, -0.2) is 17.6 Å². The summed E-state index contributed by atoms with van der Waals surface area (Å²) in [7, 11) is 0. The number of nitrogens with zero attached hydrogens (tertiary/aromatic N) is 1. The van der Waals surface area contributed by atoms with Crippen molar-refractivity contribution in [3.63, 3.8) is 0 Å². The number of aryl methyl sites for hydroxylation is 2. The molecule has 33 heavy (non-hydrogen) atoms. The molecule has 0 radical (unpaired) electrons. The van der Waals surface area contributed by atoms with E-state index in [0.29, 0.717) is 12.1 Å². The number of rotatable bonds is 5. The first-order valence-electron chi connectivity index (χ1n) is 8.93. The zero-order valence-corrected chi connectivity index (χ0v) is 18.5. The maximum absolute atomic E-state index is 14.4. The highest BCUT2D eigenvalue weighted by atomic mass is 35.5. The van der Waals surface area contributed by atoms with Gasteiger partial charge in [-0.1, -0.05) is 23.7 Å². The lowest BCUT2D eigenvalue weighted by Crippen LogP contribution is -2.51. The Morgan fingerprint density at radius 2 is 1.48 bits per heavy atom. The lowest BCUT2D eigenvalue weighted by Gasteiger charge is -2.31. The molecule has 0 spiro atoms. The van der Waals surface area contributed by atoms with E-state index >= 15 is 0 Å². The van der Waals surface area contributed by atoms with Crippen molar-refractivity contribution in [2.24, 2.45) is 5.84 Å². The van der Waals surface area contributed by atoms with E-state index in [1.807, 2.05) is 0 Å². The van der Waals surface area contributed by atoms with Gasteiger partial charge in [0, 0.05) is 11.1 Å². The predicted molar refractivity (Wildman–Crippen MR) is 110 cm³/mol. The van der Waals surface area contributed by atoms with Crippen molar-refractivity contribution >= 4 is 39.8 Å². The van der Waals surface area contributed by atoms with Gasteiger partial charge in [0.05, 0.1) is 22.5 Å². The third-order valence-corrected chi connectivity index (χ3v) is 5.32. The molecule has 5 N–H and O–H groups in total. The highest BCUT2D eigenvalue weighted by Gasteiger charge is 2.73. The van der Waals surface area contributed by atoms with Crippen LogP contribution in [0.5, 0.6) is 0 Å². The zero-order valence-electron chi connectivity index (χ0n) is 17.0. The fourth-order valence-electron chi connectivity index (χ4n) is 3.29. The smallest absolute Gasteiger partial charge is 0.323 e. The maximum atomic E-state index is 14.4. The van der Waals surface area contributed by atoms with E-state index in [1.54, 1.807) is 0 Å². The number of carbonyl (C=O) groups is 1. The summed E-state index contributed by atoms with van der Waals surface area (Å²) in [5.74, 6) is 5.93. The van der Waals surface area contributed by atoms with Crippen molar-refractivity contribution in [2.45, 2.75) is 31.9 Å². The fourth-order valence-corrected chi connectivity index (χ4v) is 3.70. The number of anilines is 1. The minimum absolute atomic E-state index is 0.0411. The van der Waals surface area contributed by atoms with E-state index in [1.165, 1.54) is 38.2 Å². The molecule has 13 heteroatoms. The summed E-state index contributed by atoms with van der Waals surface area (Å²) in [5, 5.41) is 0.220. The van der Waals surface area contributed by atoms with Crippen molar-refractivity contribution in [3.8, 4) is 0 Å². The molecular weight excluding hydrogens is 502 g/mol. The van der Waals surface area contributed by atoms with Crippen molar-refractivity contribution in [3.05, 3.63) is 69.4 Å². The second-order valence-corrected chi connectivity index (χ2v) is 7.89. The van der Waals surface area contributed by atoms with E-state index in [2.05, 4.69) is 5.73 Å². The van der Waals surface area contributed by atoms with Gasteiger partial charge in [0.15, 0.2) is 5.70 Å². The molecule has 2 aromatic rings. The van der Waals surface area contributed by atoms with Crippen LogP contribution in [0.2, 0.25) is 5.02 Å². The second-order valence-electron chi connectivity index (χ2n) is 7.14. The fraction of sp³-hybridized carbons (Fsp3) is 0.250. The second kappa shape index (κ2) is 9.13. The Kier molecular flexibility index (Phi) is 7.44. The predicted octanol–water partition coefficient (Wildman–Crippen LogP) is 5.55. The summed E-state index contributed by atoms with van der Waals surface area (Å²) < 4.78 is 93.0. The van der Waals surface area contributed by atoms with Crippen molar-refractivity contribution < 1.29 is 41.3 Å². The first kappa shape index (κ1) is 26.9. The maximum Gasteiger partial charge on any atom is 0.435 e. The molecular formula is C20H17Cl2F7N3O+. The molecule has 0 aliphatic heterocycles. The SMILES string of the molecule is Cc1cc(C(F)(C(F)(F)F)C(F)(F)F)cc(C)c1C([NH3+])=CN(N)c1ccc(Cl)c(C(=O)Cl)c1. The van der Waals surface area contributed by atoms with Gasteiger partial charge in [-0.25, -0.2) is 10.2 Å². The monoisotopic (exact) mass is 518 g/mol. The average molecular weight is 519 g/mol. The summed E-state index contributed by atoms with van der Waals surface area (Å²) in [6, 6.07) is 4.99. The number of alkyl halides is 7. The molecule has 0 amide bonds. The molecule has 0 aliphatic rings. The summed E-state index contributed by atoms with van der Waals surface area (Å²) >= 11 is 11.3. The first-order valence-corrected chi connectivity index (χ1v) is 9.69. The van der Waals surface area contributed by atoms with Crippen LogP contribution >= 0.6 is 23.2 Å². The third kappa shape index (κ3) is 5.11. The van der Waals surface area contributed by atoms with E-state index in [-0.39, 0.29) is 38.7 Å². The molecule has 2 rings (SSSR count). The van der Waals surface area contributed by atoms with Crippen LogP contribution in [0.4, 0.5) is 36.4 Å². The molecule has 0 fully saturated rings. The van der Waals surface area contributed by atoms with Crippen LogP contribution in [0.1, 0.15) is 32.6 Å². The van der Waals surface area contributed by atoms with E-state index in [4.69, 9.17) is 29.0 Å². The topological polar surface area (TPSA) is 74.0 Å². The Labute approximate surface area is 193 Å². The van der Waals surface area contributed by atoms with E-state index in [0.717, 1.165) is 5.01 Å². The van der Waals surface area contributed by atoms with Crippen LogP contribution in [0.25, 0.3) is 5.70 Å². The zero-order chi connectivity index (χ0) is 25.5. The van der Waals surface area contributed by atoms with E-state index < -0.39 is 28.8 Å². The summed E-state index contributed by atoms with van der Waals surface area (Å²) in [5.41, 5.74) is -3.15. The Morgan fingerprint density at radius 3 is 1.91 bits per heavy atom. The molecule has 0 aromatic heterocycles. The Morgan fingerprint density at radius 1 is 1.00 bits per heavy atom. The molecule has 0 saturated heterocycles. The molecule has 180 valence electrons. The first-order chi connectivity index (χ1) is 14.9. The largest absolute Gasteiger partial charge is 0.435 e. The molecule has 0 saturated carbocycles. The lowest BCUT2D eigenvalue weighted by atomic mass is 9.88. The summed E-state index contributed by atoms with van der Waals surface area (Å²) in [4.78, 5) is 11.4. The molecule has 2 aromatic carbocycles. The van der Waals surface area contributed by atoms with E-state index in [9.17, 15) is 35.5 Å². The minimum Gasteiger partial charge on any atom is -0.323 e. The van der Waals surface area contributed by atoms with Gasteiger partial charge in [-0.05, 0) is 54.8 Å². The standard InChI is InChI=1S/C20H16Cl2F7N3O/c1-9-5-11(18(23,19(24,25)26)20(27,28)29)6-10(2)16(9)15(30)8-32(31)12-3-4-14(21)13(7-12)17(22)33/h3-8H,30-31H2,1-2H3/p+1. The minimum atomic E-state index is -6.23. The number of halogens is 9. The van der Waals surface area contributed by atoms with Gasteiger partial charge in [-0.3, -0.25) is 9.80 Å². The number of hydrogen-bond donors (Lipinski definition) is 2. The van der Waals surface area contributed by atoms with Gasteiger partial charge in [0.2, 0.25) is 0 Å². The van der Waals surface area contributed by atoms with Crippen molar-refractivity contribution in [1.29, 1.82) is 0 Å². The molecule has 0 heterocycles. The van der Waals surface area contributed by atoms with Crippen molar-refractivity contribution in [2.75, 3.05) is 5.01 Å². The number of hydrogen-bond acceptors (Lipinski definition) is 3. The van der Waals surface area contributed by atoms with Gasteiger partial charge >= 0.3 is 18.0 Å². The van der Waals surface area contributed by atoms with Gasteiger partial charge in [0.1, 0.15) is 0 Å². The van der Waals surface area contributed by atoms with Gasteiger partial charge in [-0.2, -0.15) is 26.3 Å². The third-order valence-electron chi connectivity index (χ3n) is 4.79. The number of benzene rings is 2. The molecule has 0 aliphatic carbocycles. The normalized spacial score (nSPS) is 13.3. The molecule has 0 bridgehead atoms. The van der Waals surface area contributed by atoms with Gasteiger partial charge in [-0.15, -0.1) is 0 Å². The van der Waals surface area contributed by atoms with Gasteiger partial charge in [0.25, 0.3) is 5.24 Å². The molecule has 4 nitrogen and oxygen atoms in total. The van der Waals surface area contributed by atoms with Gasteiger partial charge < -0.3 is 5.73 Å². The number of nitrogens with two attached hydrogens (primary N) is 1. The lowest BCUT2D eigenvalue weighted by molar-refractivity contribution is -0.348. The highest BCUT2D eigenvalue weighted by Crippen LogP contribution is 2.53. The van der Waals surface area contributed by atoms with Crippen LogP contribution in [0.15, 0.2) is 36.5 Å². The number of quaternary nitrogens is 1. The molecule has 0 unspecified atom stereocenters. The summed E-state index contributed by atoms with van der Waals surface area (Å²) in [6.07, 6.45) is -11.2. The highest BCUT2D eigenvalue weighted by molar-refractivity contribution is 6.68. The molecule has 0 atom stereocenters. The number of carbonyl (C=O) groups excluding carboxylic acids is 1. The quantitative estimate of drug-likeness (QED) is 0.236. The Balaban J connectivity index is 2.55. The van der Waals surface area contributed by atoms with Crippen LogP contribution in [-0.2, 0) is 5.67 Å².